The van der Waals surface area contributed by atoms with E-state index < -0.39 is 24.0 Å². The number of rotatable bonds is 7. The summed E-state index contributed by atoms with van der Waals surface area (Å²) in [4.78, 5) is 24.5. The van der Waals surface area contributed by atoms with Crippen molar-refractivity contribution in [3.8, 4) is 5.75 Å². The predicted octanol–water partition coefficient (Wildman–Crippen LogP) is 2.64. The van der Waals surface area contributed by atoms with Gasteiger partial charge in [-0.3, -0.25) is 4.79 Å². The minimum absolute atomic E-state index is 0.334. The number of carboxylic acids is 1. The molecule has 0 saturated carbocycles. The SMILES string of the molecule is CCOC(C(=O)NC(C(=O)O)c1ccc2c(c1)CCO2)c1ccccc1. The highest BCUT2D eigenvalue weighted by Crippen LogP contribution is 2.29. The van der Waals surface area contributed by atoms with Crippen LogP contribution in [0.25, 0.3) is 0 Å². The zero-order chi connectivity index (χ0) is 18.5. The number of carbonyl (C=O) groups is 2. The van der Waals surface area contributed by atoms with Crippen LogP contribution in [0, 0.1) is 0 Å². The summed E-state index contributed by atoms with van der Waals surface area (Å²) in [6.45, 7) is 2.71. The molecule has 0 aromatic heterocycles. The second-order valence-electron chi connectivity index (χ2n) is 5.99. The van der Waals surface area contributed by atoms with E-state index in [4.69, 9.17) is 9.47 Å². The highest BCUT2D eigenvalue weighted by molar-refractivity contribution is 5.88. The molecule has 0 aliphatic carbocycles. The van der Waals surface area contributed by atoms with Crippen LogP contribution < -0.4 is 10.1 Å². The molecule has 0 fully saturated rings. The molecular formula is C20H21NO5. The lowest BCUT2D eigenvalue weighted by Crippen LogP contribution is -2.37. The van der Waals surface area contributed by atoms with Gasteiger partial charge < -0.3 is 19.9 Å². The lowest BCUT2D eigenvalue weighted by Gasteiger charge is -2.21. The van der Waals surface area contributed by atoms with Gasteiger partial charge in [-0.1, -0.05) is 36.4 Å². The maximum atomic E-state index is 12.7. The van der Waals surface area contributed by atoms with Crippen LogP contribution in [-0.4, -0.2) is 30.2 Å². The number of ether oxygens (including phenoxy) is 2. The van der Waals surface area contributed by atoms with Crippen LogP contribution >= 0.6 is 0 Å². The average Bonchev–Trinajstić information content (AvgIpc) is 3.12. The lowest BCUT2D eigenvalue weighted by molar-refractivity contribution is -0.144. The molecule has 136 valence electrons. The van der Waals surface area contributed by atoms with Crippen molar-refractivity contribution in [3.63, 3.8) is 0 Å². The molecule has 6 nitrogen and oxygen atoms in total. The van der Waals surface area contributed by atoms with Crippen molar-refractivity contribution in [2.75, 3.05) is 13.2 Å². The molecule has 0 saturated heterocycles. The fraction of sp³-hybridized carbons (Fsp3) is 0.300. The molecule has 2 atom stereocenters. The molecule has 2 unspecified atom stereocenters. The van der Waals surface area contributed by atoms with Gasteiger partial charge in [0.15, 0.2) is 12.1 Å². The molecule has 2 N–H and O–H groups in total. The highest BCUT2D eigenvalue weighted by Gasteiger charge is 2.29. The Kier molecular flexibility index (Phi) is 5.53. The van der Waals surface area contributed by atoms with E-state index in [1.807, 2.05) is 18.2 Å². The van der Waals surface area contributed by atoms with Gasteiger partial charge in [0.1, 0.15) is 5.75 Å². The number of carboxylic acid groups (broad SMARTS) is 1. The molecule has 3 rings (SSSR count). The van der Waals surface area contributed by atoms with E-state index in [0.717, 1.165) is 17.7 Å². The molecular weight excluding hydrogens is 334 g/mol. The van der Waals surface area contributed by atoms with Gasteiger partial charge in [-0.15, -0.1) is 0 Å². The van der Waals surface area contributed by atoms with Crippen molar-refractivity contribution in [2.24, 2.45) is 0 Å². The second-order valence-corrected chi connectivity index (χ2v) is 5.99. The van der Waals surface area contributed by atoms with E-state index in [0.29, 0.717) is 24.3 Å². The summed E-state index contributed by atoms with van der Waals surface area (Å²) in [6, 6.07) is 13.1. The van der Waals surface area contributed by atoms with Gasteiger partial charge in [0.05, 0.1) is 6.61 Å². The lowest BCUT2D eigenvalue weighted by atomic mass is 10.0. The van der Waals surface area contributed by atoms with Gasteiger partial charge in [0.2, 0.25) is 0 Å². The third-order valence-corrected chi connectivity index (χ3v) is 4.25. The van der Waals surface area contributed by atoms with Crippen molar-refractivity contribution >= 4 is 11.9 Å². The summed E-state index contributed by atoms with van der Waals surface area (Å²) in [7, 11) is 0. The first-order valence-electron chi connectivity index (χ1n) is 8.55. The second kappa shape index (κ2) is 8.01. The third-order valence-electron chi connectivity index (χ3n) is 4.25. The first kappa shape index (κ1) is 17.9. The van der Waals surface area contributed by atoms with Gasteiger partial charge >= 0.3 is 5.97 Å². The number of fused-ring (bicyclic) bond motifs is 1. The van der Waals surface area contributed by atoms with Crippen molar-refractivity contribution < 1.29 is 24.2 Å². The number of nitrogens with one attached hydrogen (secondary N) is 1. The van der Waals surface area contributed by atoms with Crippen molar-refractivity contribution in [1.29, 1.82) is 0 Å². The van der Waals surface area contributed by atoms with Gasteiger partial charge in [-0.25, -0.2) is 4.79 Å². The molecule has 6 heteroatoms. The molecule has 2 aromatic carbocycles. The normalized spacial score (nSPS) is 14.8. The van der Waals surface area contributed by atoms with E-state index in [2.05, 4.69) is 5.32 Å². The fourth-order valence-corrected chi connectivity index (χ4v) is 3.01. The molecule has 2 aromatic rings. The Bertz CT molecular complexity index is 790. The zero-order valence-electron chi connectivity index (χ0n) is 14.5. The Morgan fingerprint density at radius 2 is 1.96 bits per heavy atom. The van der Waals surface area contributed by atoms with Crippen LogP contribution in [-0.2, 0) is 20.7 Å². The van der Waals surface area contributed by atoms with Gasteiger partial charge in [0, 0.05) is 13.0 Å². The Morgan fingerprint density at radius 3 is 2.65 bits per heavy atom. The van der Waals surface area contributed by atoms with E-state index >= 15 is 0 Å². The maximum absolute atomic E-state index is 12.7. The molecule has 1 aliphatic heterocycles. The van der Waals surface area contributed by atoms with E-state index in [9.17, 15) is 14.7 Å². The summed E-state index contributed by atoms with van der Waals surface area (Å²) >= 11 is 0. The molecule has 1 heterocycles. The van der Waals surface area contributed by atoms with Gasteiger partial charge in [0.25, 0.3) is 5.91 Å². The topological polar surface area (TPSA) is 84.9 Å². The minimum atomic E-state index is -1.15. The molecule has 0 bridgehead atoms. The first-order chi connectivity index (χ1) is 12.6. The monoisotopic (exact) mass is 355 g/mol. The largest absolute Gasteiger partial charge is 0.493 e. The predicted molar refractivity (Wildman–Crippen MR) is 95.0 cm³/mol. The van der Waals surface area contributed by atoms with Gasteiger partial charge in [-0.05, 0) is 35.7 Å². The molecule has 1 amide bonds. The number of hydrogen-bond acceptors (Lipinski definition) is 4. The Balaban J connectivity index is 1.82. The molecule has 0 radical (unpaired) electrons. The standard InChI is InChI=1S/C20H21NO5/c1-2-25-18(13-6-4-3-5-7-13)19(22)21-17(20(23)24)15-8-9-16-14(12-15)10-11-26-16/h3-9,12,17-18H,2,10-11H2,1H3,(H,21,22)(H,23,24). The molecule has 26 heavy (non-hydrogen) atoms. The number of benzene rings is 2. The zero-order valence-corrected chi connectivity index (χ0v) is 14.5. The summed E-state index contributed by atoms with van der Waals surface area (Å²) in [5, 5.41) is 12.2. The number of carbonyl (C=O) groups excluding carboxylic acids is 1. The molecule has 1 aliphatic rings. The van der Waals surface area contributed by atoms with Crippen LogP contribution in [0.3, 0.4) is 0 Å². The first-order valence-corrected chi connectivity index (χ1v) is 8.55. The van der Waals surface area contributed by atoms with E-state index in [-0.39, 0.29) is 0 Å². The fourth-order valence-electron chi connectivity index (χ4n) is 3.01. The Hall–Kier alpha value is -2.86. The minimum Gasteiger partial charge on any atom is -0.493 e. The van der Waals surface area contributed by atoms with Crippen molar-refractivity contribution in [1.82, 2.24) is 5.32 Å². The third kappa shape index (κ3) is 3.86. The van der Waals surface area contributed by atoms with Crippen LogP contribution in [0.1, 0.15) is 35.8 Å². The summed E-state index contributed by atoms with van der Waals surface area (Å²) < 4.78 is 11.0. The smallest absolute Gasteiger partial charge is 0.330 e. The number of aliphatic carboxylic acids is 1. The summed E-state index contributed by atoms with van der Waals surface area (Å²) in [5.74, 6) is -0.844. The van der Waals surface area contributed by atoms with Crippen LogP contribution in [0.2, 0.25) is 0 Å². The van der Waals surface area contributed by atoms with Crippen molar-refractivity contribution in [2.45, 2.75) is 25.5 Å². The quantitative estimate of drug-likeness (QED) is 0.798. The Morgan fingerprint density at radius 1 is 1.19 bits per heavy atom. The summed E-state index contributed by atoms with van der Waals surface area (Å²) in [5.41, 5.74) is 2.14. The number of amides is 1. The summed E-state index contributed by atoms with van der Waals surface area (Å²) in [6.07, 6.45) is -0.129. The maximum Gasteiger partial charge on any atom is 0.330 e. The van der Waals surface area contributed by atoms with E-state index in [1.54, 1.807) is 37.3 Å². The van der Waals surface area contributed by atoms with Crippen molar-refractivity contribution in [3.05, 3.63) is 65.2 Å². The van der Waals surface area contributed by atoms with Gasteiger partial charge in [-0.2, -0.15) is 0 Å². The molecule has 0 spiro atoms. The Labute approximate surface area is 151 Å². The number of hydrogen-bond donors (Lipinski definition) is 2. The van der Waals surface area contributed by atoms with Crippen LogP contribution in [0.5, 0.6) is 5.75 Å². The van der Waals surface area contributed by atoms with Crippen LogP contribution in [0.15, 0.2) is 48.5 Å². The highest BCUT2D eigenvalue weighted by atomic mass is 16.5. The van der Waals surface area contributed by atoms with Crippen LogP contribution in [0.4, 0.5) is 0 Å². The average molecular weight is 355 g/mol. The van der Waals surface area contributed by atoms with E-state index in [1.165, 1.54) is 0 Å².